The number of nitrogens with zero attached hydrogens (tertiary/aromatic N) is 2. The van der Waals surface area contributed by atoms with E-state index in [1.54, 1.807) is 0 Å². The van der Waals surface area contributed by atoms with Gasteiger partial charge in [-0.25, -0.2) is 4.98 Å². The predicted octanol–water partition coefficient (Wildman–Crippen LogP) is 2.23. The average molecular weight is 263 g/mol. The fourth-order valence-electron chi connectivity index (χ4n) is 2.44. The maximum Gasteiger partial charge on any atom is 0.213 e. The second-order valence-electron chi connectivity index (χ2n) is 5.11. The lowest BCUT2D eigenvalue weighted by atomic mass is 10.1. The van der Waals surface area contributed by atoms with E-state index >= 15 is 0 Å². The smallest absolute Gasteiger partial charge is 0.213 e. The lowest BCUT2D eigenvalue weighted by Crippen LogP contribution is -2.25. The Bertz CT molecular complexity index is 360. The van der Waals surface area contributed by atoms with Gasteiger partial charge in [0.05, 0.1) is 0 Å². The van der Waals surface area contributed by atoms with E-state index in [1.165, 1.54) is 31.5 Å². The molecule has 2 heterocycles. The van der Waals surface area contributed by atoms with Gasteiger partial charge in [-0.3, -0.25) is 4.90 Å². The molecule has 4 heteroatoms. The summed E-state index contributed by atoms with van der Waals surface area (Å²) in [5.74, 6) is 0.728. The number of ether oxygens (including phenoxy) is 1. The first-order valence-corrected chi connectivity index (χ1v) is 7.34. The number of nitrogens with one attached hydrogen (secondary N) is 1. The number of hydrogen-bond acceptors (Lipinski definition) is 4. The Kier molecular flexibility index (Phi) is 5.61. The molecule has 0 radical (unpaired) electrons. The predicted molar refractivity (Wildman–Crippen MR) is 77.5 cm³/mol. The lowest BCUT2D eigenvalue weighted by molar-refractivity contribution is 0.232. The van der Waals surface area contributed by atoms with Gasteiger partial charge in [-0.05, 0) is 45.0 Å². The number of pyridine rings is 1. The van der Waals surface area contributed by atoms with Crippen molar-refractivity contribution in [3.8, 4) is 5.88 Å². The molecule has 106 valence electrons. The molecule has 1 unspecified atom stereocenters. The quantitative estimate of drug-likeness (QED) is 0.818. The Labute approximate surface area is 116 Å². The SMILES string of the molecule is CCNC(C)c1ccc(OCCN2CCCC2)nc1. The maximum absolute atomic E-state index is 5.69. The molecule has 1 aromatic heterocycles. The molecule has 1 saturated heterocycles. The molecule has 1 atom stereocenters. The van der Waals surface area contributed by atoms with Crippen LogP contribution in [0.3, 0.4) is 0 Å². The van der Waals surface area contributed by atoms with E-state index < -0.39 is 0 Å². The Morgan fingerprint density at radius 2 is 2.16 bits per heavy atom. The van der Waals surface area contributed by atoms with Gasteiger partial charge >= 0.3 is 0 Å². The minimum Gasteiger partial charge on any atom is -0.476 e. The van der Waals surface area contributed by atoms with Crippen molar-refractivity contribution in [3.63, 3.8) is 0 Å². The highest BCUT2D eigenvalue weighted by Gasteiger charge is 2.11. The summed E-state index contributed by atoms with van der Waals surface area (Å²) >= 11 is 0. The van der Waals surface area contributed by atoms with Gasteiger partial charge in [0.15, 0.2) is 0 Å². The van der Waals surface area contributed by atoms with Crippen LogP contribution in [0.2, 0.25) is 0 Å². The minimum absolute atomic E-state index is 0.344. The molecule has 1 N–H and O–H groups in total. The molecule has 0 aromatic carbocycles. The molecule has 1 aliphatic heterocycles. The molecule has 0 amide bonds. The summed E-state index contributed by atoms with van der Waals surface area (Å²) in [6, 6.07) is 4.40. The van der Waals surface area contributed by atoms with E-state index in [4.69, 9.17) is 4.74 Å². The zero-order chi connectivity index (χ0) is 13.5. The molecule has 1 aromatic rings. The number of aromatic nitrogens is 1. The van der Waals surface area contributed by atoms with Crippen LogP contribution in [0.15, 0.2) is 18.3 Å². The molecular formula is C15H25N3O. The summed E-state index contributed by atoms with van der Waals surface area (Å²) in [5.41, 5.74) is 1.20. The lowest BCUT2D eigenvalue weighted by Gasteiger charge is -2.15. The maximum atomic E-state index is 5.69. The van der Waals surface area contributed by atoms with Crippen LogP contribution in [0, 0.1) is 0 Å². The normalized spacial score (nSPS) is 17.6. The van der Waals surface area contributed by atoms with Crippen molar-refractivity contribution < 1.29 is 4.74 Å². The van der Waals surface area contributed by atoms with Gasteiger partial charge in [-0.1, -0.05) is 13.0 Å². The van der Waals surface area contributed by atoms with Crippen molar-refractivity contribution in [1.29, 1.82) is 0 Å². The number of hydrogen-bond donors (Lipinski definition) is 1. The molecule has 4 nitrogen and oxygen atoms in total. The standard InChI is InChI=1S/C15H25N3O/c1-3-16-13(2)14-6-7-15(17-12-14)19-11-10-18-8-4-5-9-18/h6-7,12-13,16H,3-5,8-11H2,1-2H3. The summed E-state index contributed by atoms with van der Waals surface area (Å²) in [6.07, 6.45) is 4.56. The third kappa shape index (κ3) is 4.48. The first-order valence-electron chi connectivity index (χ1n) is 7.34. The first kappa shape index (κ1) is 14.3. The van der Waals surface area contributed by atoms with E-state index in [-0.39, 0.29) is 0 Å². The van der Waals surface area contributed by atoms with Crippen LogP contribution in [-0.2, 0) is 0 Å². The van der Waals surface area contributed by atoms with E-state index in [9.17, 15) is 0 Å². The second-order valence-corrected chi connectivity index (χ2v) is 5.11. The van der Waals surface area contributed by atoms with Crippen LogP contribution < -0.4 is 10.1 Å². The van der Waals surface area contributed by atoms with Crippen molar-refractivity contribution >= 4 is 0 Å². The molecular weight excluding hydrogens is 238 g/mol. The van der Waals surface area contributed by atoms with E-state index in [0.29, 0.717) is 6.04 Å². The van der Waals surface area contributed by atoms with Crippen molar-refractivity contribution in [1.82, 2.24) is 15.2 Å². The van der Waals surface area contributed by atoms with Gasteiger partial charge in [0.25, 0.3) is 0 Å². The summed E-state index contributed by atoms with van der Waals surface area (Å²) in [6.45, 7) is 9.40. The van der Waals surface area contributed by atoms with Gasteiger partial charge in [-0.15, -0.1) is 0 Å². The monoisotopic (exact) mass is 263 g/mol. The average Bonchev–Trinajstić information content (AvgIpc) is 2.93. The zero-order valence-electron chi connectivity index (χ0n) is 12.1. The van der Waals surface area contributed by atoms with Crippen molar-refractivity contribution in [2.75, 3.05) is 32.8 Å². The fraction of sp³-hybridized carbons (Fsp3) is 0.667. The second kappa shape index (κ2) is 7.46. The van der Waals surface area contributed by atoms with Crippen LogP contribution in [0.5, 0.6) is 5.88 Å². The fourth-order valence-corrected chi connectivity index (χ4v) is 2.44. The van der Waals surface area contributed by atoms with Crippen molar-refractivity contribution in [2.45, 2.75) is 32.7 Å². The third-order valence-corrected chi connectivity index (χ3v) is 3.63. The molecule has 19 heavy (non-hydrogen) atoms. The Morgan fingerprint density at radius 1 is 1.37 bits per heavy atom. The van der Waals surface area contributed by atoms with Crippen molar-refractivity contribution in [3.05, 3.63) is 23.9 Å². The van der Waals surface area contributed by atoms with Crippen molar-refractivity contribution in [2.24, 2.45) is 0 Å². The van der Waals surface area contributed by atoms with Crippen LogP contribution in [-0.4, -0.2) is 42.7 Å². The van der Waals surface area contributed by atoms with Crippen LogP contribution in [0.1, 0.15) is 38.3 Å². The Morgan fingerprint density at radius 3 is 2.79 bits per heavy atom. The van der Waals surface area contributed by atoms with E-state index in [1.807, 2.05) is 12.3 Å². The molecule has 2 rings (SSSR count). The summed E-state index contributed by atoms with van der Waals surface area (Å²) < 4.78 is 5.69. The van der Waals surface area contributed by atoms with Crippen LogP contribution >= 0.6 is 0 Å². The van der Waals surface area contributed by atoms with Crippen LogP contribution in [0.25, 0.3) is 0 Å². The highest BCUT2D eigenvalue weighted by molar-refractivity contribution is 5.20. The molecule has 1 aliphatic rings. The Balaban J connectivity index is 1.74. The largest absolute Gasteiger partial charge is 0.476 e. The summed E-state index contributed by atoms with van der Waals surface area (Å²) in [5, 5.41) is 3.37. The zero-order valence-corrected chi connectivity index (χ0v) is 12.1. The Hall–Kier alpha value is -1.13. The molecule has 0 bridgehead atoms. The number of rotatable bonds is 7. The van der Waals surface area contributed by atoms with E-state index in [2.05, 4.69) is 35.1 Å². The van der Waals surface area contributed by atoms with Gasteiger partial charge in [-0.2, -0.15) is 0 Å². The highest BCUT2D eigenvalue weighted by Crippen LogP contribution is 2.14. The summed E-state index contributed by atoms with van der Waals surface area (Å²) in [7, 11) is 0. The summed E-state index contributed by atoms with van der Waals surface area (Å²) in [4.78, 5) is 6.81. The molecule has 0 saturated carbocycles. The van der Waals surface area contributed by atoms with Gasteiger partial charge in [0, 0.05) is 24.8 Å². The van der Waals surface area contributed by atoms with Gasteiger partial charge in [0.1, 0.15) is 6.61 Å². The third-order valence-electron chi connectivity index (χ3n) is 3.63. The van der Waals surface area contributed by atoms with Gasteiger partial charge in [0.2, 0.25) is 5.88 Å². The molecule has 0 spiro atoms. The molecule has 1 fully saturated rings. The van der Waals surface area contributed by atoms with E-state index in [0.717, 1.165) is 25.6 Å². The highest BCUT2D eigenvalue weighted by atomic mass is 16.5. The van der Waals surface area contributed by atoms with Crippen LogP contribution in [0.4, 0.5) is 0 Å². The molecule has 0 aliphatic carbocycles. The minimum atomic E-state index is 0.344. The first-order chi connectivity index (χ1) is 9.29. The topological polar surface area (TPSA) is 37.4 Å². The number of likely N-dealkylation sites (tertiary alicyclic amines) is 1. The van der Waals surface area contributed by atoms with Gasteiger partial charge < -0.3 is 10.1 Å².